The third-order valence-electron chi connectivity index (χ3n) is 3.18. The third kappa shape index (κ3) is 6.24. The zero-order valence-electron chi connectivity index (χ0n) is 12.2. The summed E-state index contributed by atoms with van der Waals surface area (Å²) < 4.78 is 0. The van der Waals surface area contributed by atoms with E-state index in [-0.39, 0.29) is 10.6 Å². The molecule has 0 amide bonds. The molecule has 0 fully saturated rings. The molecule has 0 heterocycles. The Balaban J connectivity index is 2.31. The molecule has 0 radical (unpaired) electrons. The van der Waals surface area contributed by atoms with Crippen LogP contribution in [0, 0.1) is 16.0 Å². The minimum Gasteiger partial charge on any atom is -0.379 e. The summed E-state index contributed by atoms with van der Waals surface area (Å²) in [5, 5.41) is 14.5. The van der Waals surface area contributed by atoms with Gasteiger partial charge in [-0.25, -0.2) is 0 Å². The summed E-state index contributed by atoms with van der Waals surface area (Å²) >= 11 is 5.87. The Bertz CT molecular complexity index is 436. The van der Waals surface area contributed by atoms with Gasteiger partial charge in [0.2, 0.25) is 0 Å². The van der Waals surface area contributed by atoms with Crippen LogP contribution in [-0.4, -0.2) is 11.5 Å². The van der Waals surface area contributed by atoms with Gasteiger partial charge in [-0.1, -0.05) is 51.1 Å². The van der Waals surface area contributed by atoms with Crippen LogP contribution in [0.1, 0.15) is 46.0 Å². The molecule has 4 nitrogen and oxygen atoms in total. The number of nitro groups is 1. The highest BCUT2D eigenvalue weighted by molar-refractivity contribution is 6.31. The monoisotopic (exact) mass is 298 g/mol. The molecule has 112 valence electrons. The molecule has 0 spiro atoms. The van der Waals surface area contributed by atoms with E-state index in [9.17, 15) is 10.1 Å². The molecule has 0 aromatic heterocycles. The summed E-state index contributed by atoms with van der Waals surface area (Å²) in [7, 11) is 0. The number of hydrogen-bond acceptors (Lipinski definition) is 3. The van der Waals surface area contributed by atoms with Gasteiger partial charge in [0, 0.05) is 17.6 Å². The zero-order valence-corrected chi connectivity index (χ0v) is 12.9. The van der Waals surface area contributed by atoms with Gasteiger partial charge in [-0.05, 0) is 24.5 Å². The number of unbranched alkanes of at least 4 members (excludes halogenated alkanes) is 3. The van der Waals surface area contributed by atoms with Crippen LogP contribution in [-0.2, 0) is 0 Å². The van der Waals surface area contributed by atoms with Crippen LogP contribution in [0.2, 0.25) is 5.02 Å². The van der Waals surface area contributed by atoms with Crippen molar-refractivity contribution in [3.05, 3.63) is 33.3 Å². The van der Waals surface area contributed by atoms with E-state index in [0.717, 1.165) is 25.3 Å². The summed E-state index contributed by atoms with van der Waals surface area (Å²) in [6.07, 6.45) is 5.91. The van der Waals surface area contributed by atoms with Crippen molar-refractivity contribution in [2.45, 2.75) is 46.0 Å². The Hall–Kier alpha value is -1.29. The van der Waals surface area contributed by atoms with E-state index < -0.39 is 0 Å². The van der Waals surface area contributed by atoms with Crippen molar-refractivity contribution in [1.29, 1.82) is 0 Å². The van der Waals surface area contributed by atoms with Crippen LogP contribution in [0.5, 0.6) is 0 Å². The van der Waals surface area contributed by atoms with Crippen LogP contribution in [0.15, 0.2) is 18.2 Å². The standard InChI is InChI=1S/C15H23ClN2O2/c1-12(2)7-5-3-4-6-10-17-14-11-13(16)8-9-15(14)18(19)20/h8-9,11-12,17H,3-7,10H2,1-2H3. The van der Waals surface area contributed by atoms with Crippen LogP contribution < -0.4 is 5.32 Å². The maximum atomic E-state index is 10.9. The lowest BCUT2D eigenvalue weighted by Crippen LogP contribution is -2.04. The van der Waals surface area contributed by atoms with Crippen molar-refractivity contribution in [3.63, 3.8) is 0 Å². The predicted octanol–water partition coefficient (Wildman–Crippen LogP) is 5.27. The van der Waals surface area contributed by atoms with Crippen molar-refractivity contribution in [2.24, 2.45) is 5.92 Å². The fourth-order valence-corrected chi connectivity index (χ4v) is 2.24. The molecule has 0 aliphatic rings. The van der Waals surface area contributed by atoms with Crippen molar-refractivity contribution in [3.8, 4) is 0 Å². The summed E-state index contributed by atoms with van der Waals surface area (Å²) in [5.74, 6) is 0.766. The van der Waals surface area contributed by atoms with E-state index in [4.69, 9.17) is 11.6 Å². The van der Waals surface area contributed by atoms with Crippen molar-refractivity contribution in [1.82, 2.24) is 0 Å². The van der Waals surface area contributed by atoms with Gasteiger partial charge < -0.3 is 5.32 Å². The molecular formula is C15H23ClN2O2. The molecule has 0 saturated heterocycles. The van der Waals surface area contributed by atoms with E-state index in [0.29, 0.717) is 10.7 Å². The average Bonchev–Trinajstić information content (AvgIpc) is 2.37. The molecule has 0 bridgehead atoms. The highest BCUT2D eigenvalue weighted by Gasteiger charge is 2.13. The van der Waals surface area contributed by atoms with Gasteiger partial charge >= 0.3 is 0 Å². The van der Waals surface area contributed by atoms with E-state index in [1.807, 2.05) is 0 Å². The Labute approximate surface area is 125 Å². The second kappa shape index (κ2) is 8.80. The first kappa shape index (κ1) is 16.8. The Morgan fingerprint density at radius 3 is 2.60 bits per heavy atom. The lowest BCUT2D eigenvalue weighted by Gasteiger charge is -2.08. The highest BCUT2D eigenvalue weighted by Crippen LogP contribution is 2.27. The molecule has 20 heavy (non-hydrogen) atoms. The molecule has 0 saturated carbocycles. The van der Waals surface area contributed by atoms with E-state index in [2.05, 4.69) is 19.2 Å². The number of nitro benzene ring substituents is 1. The van der Waals surface area contributed by atoms with E-state index in [1.165, 1.54) is 31.4 Å². The molecule has 0 aliphatic heterocycles. The first-order valence-electron chi connectivity index (χ1n) is 7.18. The molecule has 1 rings (SSSR count). The van der Waals surface area contributed by atoms with Crippen LogP contribution >= 0.6 is 11.6 Å². The Morgan fingerprint density at radius 1 is 1.25 bits per heavy atom. The van der Waals surface area contributed by atoms with Gasteiger partial charge in [0.05, 0.1) is 4.92 Å². The van der Waals surface area contributed by atoms with Gasteiger partial charge in [-0.2, -0.15) is 0 Å². The summed E-state index contributed by atoms with van der Waals surface area (Å²) in [6, 6.07) is 4.59. The van der Waals surface area contributed by atoms with Crippen LogP contribution in [0.4, 0.5) is 11.4 Å². The molecule has 0 atom stereocenters. The van der Waals surface area contributed by atoms with E-state index >= 15 is 0 Å². The minimum atomic E-state index is -0.388. The third-order valence-corrected chi connectivity index (χ3v) is 3.41. The van der Waals surface area contributed by atoms with Gasteiger partial charge in [0.25, 0.3) is 5.69 Å². The first-order valence-corrected chi connectivity index (χ1v) is 7.56. The maximum Gasteiger partial charge on any atom is 0.292 e. The van der Waals surface area contributed by atoms with Gasteiger partial charge in [0.15, 0.2) is 0 Å². The fourth-order valence-electron chi connectivity index (χ4n) is 2.06. The molecular weight excluding hydrogens is 276 g/mol. The largest absolute Gasteiger partial charge is 0.379 e. The molecule has 1 aromatic rings. The zero-order chi connectivity index (χ0) is 15.0. The quantitative estimate of drug-likeness (QED) is 0.384. The number of anilines is 1. The number of nitrogens with zero attached hydrogens (tertiary/aromatic N) is 1. The summed E-state index contributed by atoms with van der Waals surface area (Å²) in [5.41, 5.74) is 0.582. The second-order valence-electron chi connectivity index (χ2n) is 5.44. The molecule has 1 aromatic carbocycles. The number of benzene rings is 1. The van der Waals surface area contributed by atoms with Gasteiger partial charge in [-0.3, -0.25) is 10.1 Å². The molecule has 0 unspecified atom stereocenters. The number of halogens is 1. The first-order chi connectivity index (χ1) is 9.50. The topological polar surface area (TPSA) is 55.2 Å². The van der Waals surface area contributed by atoms with Crippen LogP contribution in [0.25, 0.3) is 0 Å². The highest BCUT2D eigenvalue weighted by atomic mass is 35.5. The number of hydrogen-bond donors (Lipinski definition) is 1. The number of rotatable bonds is 9. The van der Waals surface area contributed by atoms with E-state index in [1.54, 1.807) is 6.07 Å². The molecule has 1 N–H and O–H groups in total. The molecule has 0 aliphatic carbocycles. The normalized spacial score (nSPS) is 10.8. The Morgan fingerprint density at radius 2 is 1.95 bits per heavy atom. The number of nitrogens with one attached hydrogen (secondary N) is 1. The lowest BCUT2D eigenvalue weighted by atomic mass is 10.0. The fraction of sp³-hybridized carbons (Fsp3) is 0.600. The van der Waals surface area contributed by atoms with Crippen molar-refractivity contribution in [2.75, 3.05) is 11.9 Å². The minimum absolute atomic E-state index is 0.0780. The maximum absolute atomic E-state index is 10.9. The Kier molecular flexibility index (Phi) is 7.37. The summed E-state index contributed by atoms with van der Waals surface area (Å²) in [6.45, 7) is 5.21. The van der Waals surface area contributed by atoms with Crippen molar-refractivity contribution >= 4 is 23.0 Å². The predicted molar refractivity (Wildman–Crippen MR) is 84.5 cm³/mol. The van der Waals surface area contributed by atoms with Gasteiger partial charge in [0.1, 0.15) is 5.69 Å². The van der Waals surface area contributed by atoms with Gasteiger partial charge in [-0.15, -0.1) is 0 Å². The average molecular weight is 299 g/mol. The summed E-state index contributed by atoms with van der Waals surface area (Å²) in [4.78, 5) is 10.5. The van der Waals surface area contributed by atoms with Crippen LogP contribution in [0.3, 0.4) is 0 Å². The molecule has 5 heteroatoms. The smallest absolute Gasteiger partial charge is 0.292 e. The van der Waals surface area contributed by atoms with Crippen molar-refractivity contribution < 1.29 is 4.92 Å². The lowest BCUT2D eigenvalue weighted by molar-refractivity contribution is -0.384. The second-order valence-corrected chi connectivity index (χ2v) is 5.88. The SMILES string of the molecule is CC(C)CCCCCCNc1cc(Cl)ccc1[N+](=O)[O-].